The normalized spacial score (nSPS) is 11.0. The summed E-state index contributed by atoms with van der Waals surface area (Å²) in [5.74, 6) is 0.944. The Kier molecular flexibility index (Phi) is 2.15. The highest BCUT2D eigenvalue weighted by Gasteiger charge is 2.07. The molecule has 3 rings (SSSR count). The number of nitrogens with zero attached hydrogens (tertiary/aromatic N) is 1. The van der Waals surface area contributed by atoms with Gasteiger partial charge < -0.3 is 10.2 Å². The fourth-order valence-corrected chi connectivity index (χ4v) is 2.55. The molecule has 0 unspecified atom stereocenters. The summed E-state index contributed by atoms with van der Waals surface area (Å²) in [5, 5.41) is 0.613. The van der Waals surface area contributed by atoms with Crippen LogP contribution in [0.5, 0.6) is 0 Å². The number of rotatable bonds is 2. The standard InChI is InChI=1S/C12H10N2OS/c13-12-14-11-8(3-1-5-10(11)16-12)7-9-4-2-6-15-9/h1-6H,7H2,(H2,13,14). The summed E-state index contributed by atoms with van der Waals surface area (Å²) in [4.78, 5) is 4.35. The maximum absolute atomic E-state index is 5.72. The summed E-state index contributed by atoms with van der Waals surface area (Å²) < 4.78 is 6.46. The minimum Gasteiger partial charge on any atom is -0.469 e. The van der Waals surface area contributed by atoms with Crippen molar-refractivity contribution in [1.82, 2.24) is 4.98 Å². The Morgan fingerprint density at radius 1 is 1.25 bits per heavy atom. The summed E-state index contributed by atoms with van der Waals surface area (Å²) in [6, 6.07) is 9.98. The van der Waals surface area contributed by atoms with Crippen molar-refractivity contribution in [3.8, 4) is 0 Å². The Morgan fingerprint density at radius 3 is 3.00 bits per heavy atom. The number of anilines is 1. The van der Waals surface area contributed by atoms with Crippen LogP contribution in [-0.4, -0.2) is 4.98 Å². The number of aromatic nitrogens is 1. The van der Waals surface area contributed by atoms with Crippen LogP contribution in [-0.2, 0) is 6.42 Å². The lowest BCUT2D eigenvalue weighted by molar-refractivity contribution is 0.521. The van der Waals surface area contributed by atoms with Crippen LogP contribution < -0.4 is 5.73 Å². The van der Waals surface area contributed by atoms with Crippen LogP contribution >= 0.6 is 11.3 Å². The third-order valence-electron chi connectivity index (χ3n) is 2.46. The van der Waals surface area contributed by atoms with Crippen molar-refractivity contribution in [1.29, 1.82) is 0 Å². The van der Waals surface area contributed by atoms with Crippen molar-refractivity contribution < 1.29 is 4.42 Å². The molecule has 2 N–H and O–H groups in total. The van der Waals surface area contributed by atoms with E-state index in [1.54, 1.807) is 6.26 Å². The molecule has 0 aliphatic rings. The summed E-state index contributed by atoms with van der Waals surface area (Å²) in [5.41, 5.74) is 7.86. The van der Waals surface area contributed by atoms with Gasteiger partial charge >= 0.3 is 0 Å². The second-order valence-electron chi connectivity index (χ2n) is 3.57. The molecule has 2 aromatic heterocycles. The lowest BCUT2D eigenvalue weighted by atomic mass is 10.1. The van der Waals surface area contributed by atoms with Gasteiger partial charge in [-0.15, -0.1) is 0 Å². The molecule has 0 saturated heterocycles. The molecular formula is C12H10N2OS. The number of thiazole rings is 1. The molecule has 0 saturated carbocycles. The summed E-state index contributed by atoms with van der Waals surface area (Å²) in [6.07, 6.45) is 2.44. The first-order valence-corrected chi connectivity index (χ1v) is 5.81. The van der Waals surface area contributed by atoms with Gasteiger partial charge in [-0.25, -0.2) is 4.98 Å². The largest absolute Gasteiger partial charge is 0.469 e. The van der Waals surface area contributed by atoms with E-state index >= 15 is 0 Å². The summed E-state index contributed by atoms with van der Waals surface area (Å²) in [6.45, 7) is 0. The zero-order valence-corrected chi connectivity index (χ0v) is 9.33. The molecule has 0 aliphatic carbocycles. The molecule has 80 valence electrons. The number of nitrogens with two attached hydrogens (primary N) is 1. The van der Waals surface area contributed by atoms with Crippen molar-refractivity contribution in [3.05, 3.63) is 47.9 Å². The predicted octanol–water partition coefficient (Wildman–Crippen LogP) is 3.06. The van der Waals surface area contributed by atoms with E-state index in [-0.39, 0.29) is 0 Å². The lowest BCUT2D eigenvalue weighted by Gasteiger charge is -1.99. The average Bonchev–Trinajstić information content (AvgIpc) is 2.86. The second kappa shape index (κ2) is 3.64. The number of benzene rings is 1. The lowest BCUT2D eigenvalue weighted by Crippen LogP contribution is -1.88. The van der Waals surface area contributed by atoms with Crippen molar-refractivity contribution in [2.24, 2.45) is 0 Å². The van der Waals surface area contributed by atoms with E-state index in [0.717, 1.165) is 28.0 Å². The van der Waals surface area contributed by atoms with Crippen molar-refractivity contribution in [3.63, 3.8) is 0 Å². The Bertz CT molecular complexity index is 613. The molecule has 0 fully saturated rings. The van der Waals surface area contributed by atoms with E-state index in [9.17, 15) is 0 Å². The zero-order valence-electron chi connectivity index (χ0n) is 8.51. The molecule has 3 nitrogen and oxygen atoms in total. The maximum atomic E-state index is 5.72. The van der Waals surface area contributed by atoms with E-state index in [1.807, 2.05) is 24.3 Å². The molecule has 2 heterocycles. The number of hydrogen-bond donors (Lipinski definition) is 1. The van der Waals surface area contributed by atoms with Gasteiger partial charge in [-0.05, 0) is 23.8 Å². The van der Waals surface area contributed by atoms with Crippen LogP contribution in [0.2, 0.25) is 0 Å². The number of nitrogen functional groups attached to an aromatic ring is 1. The highest BCUT2D eigenvalue weighted by atomic mass is 32.1. The third kappa shape index (κ3) is 1.57. The van der Waals surface area contributed by atoms with Crippen molar-refractivity contribution >= 4 is 26.7 Å². The minimum atomic E-state index is 0.613. The second-order valence-corrected chi connectivity index (χ2v) is 4.63. The van der Waals surface area contributed by atoms with Gasteiger partial charge in [0.15, 0.2) is 5.13 Å². The van der Waals surface area contributed by atoms with Crippen LogP contribution in [0.3, 0.4) is 0 Å². The molecular weight excluding hydrogens is 220 g/mol. The van der Waals surface area contributed by atoms with Crippen molar-refractivity contribution in [2.45, 2.75) is 6.42 Å². The smallest absolute Gasteiger partial charge is 0.181 e. The van der Waals surface area contributed by atoms with Crippen molar-refractivity contribution in [2.75, 3.05) is 5.73 Å². The first-order valence-electron chi connectivity index (χ1n) is 4.99. The number of fused-ring (bicyclic) bond motifs is 1. The van der Waals surface area contributed by atoms with Gasteiger partial charge in [0.2, 0.25) is 0 Å². The quantitative estimate of drug-likeness (QED) is 0.736. The van der Waals surface area contributed by atoms with E-state index in [4.69, 9.17) is 10.2 Å². The Hall–Kier alpha value is -1.81. The predicted molar refractivity (Wildman–Crippen MR) is 65.5 cm³/mol. The van der Waals surface area contributed by atoms with Gasteiger partial charge in [-0.3, -0.25) is 0 Å². The Balaban J connectivity index is 2.09. The fourth-order valence-electron chi connectivity index (χ4n) is 1.77. The minimum absolute atomic E-state index is 0.613. The average molecular weight is 230 g/mol. The van der Waals surface area contributed by atoms with E-state index < -0.39 is 0 Å². The van der Waals surface area contributed by atoms with Gasteiger partial charge in [-0.1, -0.05) is 23.5 Å². The topological polar surface area (TPSA) is 52.0 Å². The monoisotopic (exact) mass is 230 g/mol. The van der Waals surface area contributed by atoms with E-state index in [2.05, 4.69) is 11.1 Å². The molecule has 0 radical (unpaired) electrons. The molecule has 0 aliphatic heterocycles. The van der Waals surface area contributed by atoms with Gasteiger partial charge in [0.25, 0.3) is 0 Å². The molecule has 1 aromatic carbocycles. The van der Waals surface area contributed by atoms with Gasteiger partial charge in [-0.2, -0.15) is 0 Å². The summed E-state index contributed by atoms with van der Waals surface area (Å²) in [7, 11) is 0. The molecule has 0 atom stereocenters. The van der Waals surface area contributed by atoms with Gasteiger partial charge in [0.1, 0.15) is 5.76 Å². The molecule has 3 aromatic rings. The molecule has 0 amide bonds. The first-order chi connectivity index (χ1) is 7.83. The molecule has 0 bridgehead atoms. The van der Waals surface area contributed by atoms with Gasteiger partial charge in [0.05, 0.1) is 16.5 Å². The SMILES string of the molecule is Nc1nc2c(Cc3ccco3)cccc2s1. The van der Waals surface area contributed by atoms with Crippen LogP contribution in [0, 0.1) is 0 Å². The highest BCUT2D eigenvalue weighted by Crippen LogP contribution is 2.27. The van der Waals surface area contributed by atoms with Crippen LogP contribution in [0.15, 0.2) is 41.0 Å². The van der Waals surface area contributed by atoms with E-state index in [0.29, 0.717) is 5.13 Å². The zero-order chi connectivity index (χ0) is 11.0. The maximum Gasteiger partial charge on any atom is 0.181 e. The molecule has 0 spiro atoms. The first kappa shape index (κ1) is 9.42. The molecule has 16 heavy (non-hydrogen) atoms. The van der Waals surface area contributed by atoms with E-state index in [1.165, 1.54) is 11.3 Å². The fraction of sp³-hybridized carbons (Fsp3) is 0.0833. The number of para-hydroxylation sites is 1. The number of furan rings is 1. The number of hydrogen-bond acceptors (Lipinski definition) is 4. The Labute approximate surface area is 96.5 Å². The highest BCUT2D eigenvalue weighted by molar-refractivity contribution is 7.22. The molecule has 4 heteroatoms. The summed E-state index contributed by atoms with van der Waals surface area (Å²) >= 11 is 1.51. The third-order valence-corrected chi connectivity index (χ3v) is 3.31. The Morgan fingerprint density at radius 2 is 2.19 bits per heavy atom. The van der Waals surface area contributed by atoms with Crippen LogP contribution in [0.1, 0.15) is 11.3 Å². The van der Waals surface area contributed by atoms with Gasteiger partial charge in [0, 0.05) is 6.42 Å². The van der Waals surface area contributed by atoms with Crippen LogP contribution in [0.4, 0.5) is 5.13 Å². The van der Waals surface area contributed by atoms with Crippen LogP contribution in [0.25, 0.3) is 10.2 Å².